The summed E-state index contributed by atoms with van der Waals surface area (Å²) in [5.41, 5.74) is 2.38. The van der Waals surface area contributed by atoms with E-state index < -0.39 is 17.7 Å². The Labute approximate surface area is 199 Å². The zero-order valence-corrected chi connectivity index (χ0v) is 19.7. The Morgan fingerprint density at radius 3 is 2.33 bits per heavy atom. The maximum atomic E-state index is 13.1. The molecule has 4 rings (SSSR count). The predicted octanol–water partition coefficient (Wildman–Crippen LogP) is 4.79. The van der Waals surface area contributed by atoms with Crippen molar-refractivity contribution in [3.05, 3.63) is 70.3 Å². The van der Waals surface area contributed by atoms with E-state index in [1.165, 1.54) is 0 Å². The van der Waals surface area contributed by atoms with Gasteiger partial charge in [-0.05, 0) is 68.7 Å². The third-order valence-electron chi connectivity index (χ3n) is 6.42. The normalized spacial score (nSPS) is 22.2. The van der Waals surface area contributed by atoms with Crippen LogP contribution in [0.3, 0.4) is 0 Å². The Balaban J connectivity index is 1.78. The van der Waals surface area contributed by atoms with Crippen molar-refractivity contribution in [2.45, 2.75) is 38.8 Å². The minimum Gasteiger partial charge on any atom is -0.507 e. The van der Waals surface area contributed by atoms with Crippen molar-refractivity contribution in [3.63, 3.8) is 0 Å². The van der Waals surface area contributed by atoms with E-state index >= 15 is 0 Å². The van der Waals surface area contributed by atoms with Crippen LogP contribution in [0, 0.1) is 0 Å². The first-order chi connectivity index (χ1) is 15.9. The first kappa shape index (κ1) is 23.3. The number of ketones is 1. The van der Waals surface area contributed by atoms with Crippen molar-refractivity contribution in [1.29, 1.82) is 0 Å². The van der Waals surface area contributed by atoms with Crippen LogP contribution in [0.5, 0.6) is 0 Å². The van der Waals surface area contributed by atoms with E-state index in [2.05, 4.69) is 18.7 Å². The number of carbonyl (C=O) groups excluding carboxylic acids is 2. The lowest BCUT2D eigenvalue weighted by Crippen LogP contribution is -2.36. The number of amides is 1. The second-order valence-electron chi connectivity index (χ2n) is 8.36. The summed E-state index contributed by atoms with van der Waals surface area (Å²) in [5.74, 6) is -1.49. The van der Waals surface area contributed by atoms with Gasteiger partial charge in [-0.25, -0.2) is 0 Å². The van der Waals surface area contributed by atoms with Crippen LogP contribution in [-0.4, -0.2) is 54.0 Å². The van der Waals surface area contributed by atoms with Gasteiger partial charge in [-0.3, -0.25) is 9.59 Å². The second kappa shape index (κ2) is 9.98. The van der Waals surface area contributed by atoms with Crippen molar-refractivity contribution in [2.24, 2.45) is 0 Å². The van der Waals surface area contributed by atoms with Gasteiger partial charge in [0.05, 0.1) is 17.7 Å². The van der Waals surface area contributed by atoms with Crippen LogP contribution >= 0.6 is 11.6 Å². The molecule has 1 amide bonds. The fourth-order valence-electron chi connectivity index (χ4n) is 4.64. The van der Waals surface area contributed by atoms with Gasteiger partial charge in [0.2, 0.25) is 0 Å². The van der Waals surface area contributed by atoms with Gasteiger partial charge in [0.1, 0.15) is 5.76 Å². The maximum Gasteiger partial charge on any atom is 0.295 e. The number of hydrogen-bond donors (Lipinski definition) is 1. The molecule has 2 aliphatic heterocycles. The average Bonchev–Trinajstić information content (AvgIpc) is 3.43. The molecular weight excluding hydrogens is 440 g/mol. The van der Waals surface area contributed by atoms with Crippen molar-refractivity contribution in [3.8, 4) is 0 Å². The van der Waals surface area contributed by atoms with Crippen molar-refractivity contribution in [2.75, 3.05) is 31.1 Å². The second-order valence-corrected chi connectivity index (χ2v) is 8.79. The molecule has 2 heterocycles. The van der Waals surface area contributed by atoms with Gasteiger partial charge in [-0.15, -0.1) is 0 Å². The fourth-order valence-corrected chi connectivity index (χ4v) is 4.77. The number of halogens is 1. The maximum absolute atomic E-state index is 13.1. The molecule has 0 saturated carbocycles. The molecule has 0 radical (unpaired) electrons. The standard InChI is InChI=1S/C26H29ClN2O4/c1-3-28(4-2)20-13-9-17(10-14-20)23-22(24(30)18-7-11-19(27)12-8-18)25(31)26(32)29(23)16-21-6-5-15-33-21/h7-14,21,23,30H,3-6,15-16H2,1-2H3/b24-22+. The van der Waals surface area contributed by atoms with Gasteiger partial charge < -0.3 is 19.6 Å². The summed E-state index contributed by atoms with van der Waals surface area (Å²) in [7, 11) is 0. The summed E-state index contributed by atoms with van der Waals surface area (Å²) in [6.45, 7) is 6.92. The van der Waals surface area contributed by atoms with Gasteiger partial charge in [0.25, 0.3) is 11.7 Å². The first-order valence-corrected chi connectivity index (χ1v) is 11.8. The number of likely N-dealkylation sites (tertiary alicyclic amines) is 1. The molecule has 2 aromatic carbocycles. The highest BCUT2D eigenvalue weighted by molar-refractivity contribution is 6.46. The van der Waals surface area contributed by atoms with Crippen molar-refractivity contribution < 1.29 is 19.4 Å². The molecule has 2 unspecified atom stereocenters. The van der Waals surface area contributed by atoms with Crippen molar-refractivity contribution >= 4 is 34.7 Å². The molecule has 2 aliphatic rings. The highest BCUT2D eigenvalue weighted by Crippen LogP contribution is 2.40. The first-order valence-electron chi connectivity index (χ1n) is 11.5. The van der Waals surface area contributed by atoms with E-state index in [4.69, 9.17) is 16.3 Å². The molecule has 2 aromatic rings. The van der Waals surface area contributed by atoms with E-state index in [-0.39, 0.29) is 17.4 Å². The topological polar surface area (TPSA) is 70.1 Å². The molecule has 6 nitrogen and oxygen atoms in total. The number of carbonyl (C=O) groups is 2. The third kappa shape index (κ3) is 4.63. The number of hydrogen-bond acceptors (Lipinski definition) is 5. The molecular formula is C26H29ClN2O4. The lowest BCUT2D eigenvalue weighted by atomic mass is 9.95. The Morgan fingerprint density at radius 1 is 1.09 bits per heavy atom. The minimum atomic E-state index is -0.685. The summed E-state index contributed by atoms with van der Waals surface area (Å²) in [6.07, 6.45) is 1.66. The van der Waals surface area contributed by atoms with Crippen LogP contribution in [0.15, 0.2) is 54.1 Å². The van der Waals surface area contributed by atoms with Gasteiger partial charge in [-0.1, -0.05) is 23.7 Å². The molecule has 174 valence electrons. The summed E-state index contributed by atoms with van der Waals surface area (Å²) in [6, 6.07) is 13.8. The molecule has 2 fully saturated rings. The van der Waals surface area contributed by atoms with Gasteiger partial charge in [-0.2, -0.15) is 0 Å². The highest BCUT2D eigenvalue weighted by atomic mass is 35.5. The zero-order chi connectivity index (χ0) is 23.5. The molecule has 0 aromatic heterocycles. The summed E-state index contributed by atoms with van der Waals surface area (Å²) < 4.78 is 5.75. The van der Waals surface area contributed by atoms with E-state index in [0.29, 0.717) is 23.7 Å². The van der Waals surface area contributed by atoms with E-state index in [0.717, 1.165) is 37.2 Å². The number of rotatable bonds is 7. The van der Waals surface area contributed by atoms with E-state index in [1.807, 2.05) is 24.3 Å². The number of aliphatic hydroxyl groups is 1. The molecule has 1 N–H and O–H groups in total. The van der Waals surface area contributed by atoms with Gasteiger partial charge in [0, 0.05) is 42.5 Å². The predicted molar refractivity (Wildman–Crippen MR) is 129 cm³/mol. The molecule has 2 atom stereocenters. The Kier molecular flexibility index (Phi) is 7.05. The number of Topliss-reactive ketones (excluding diaryl/α,β-unsaturated/α-hetero) is 1. The highest BCUT2D eigenvalue weighted by Gasteiger charge is 2.47. The van der Waals surface area contributed by atoms with Crippen LogP contribution in [0.1, 0.15) is 43.9 Å². The molecule has 0 aliphatic carbocycles. The summed E-state index contributed by atoms with van der Waals surface area (Å²) in [4.78, 5) is 30.0. The summed E-state index contributed by atoms with van der Waals surface area (Å²) >= 11 is 5.99. The SMILES string of the molecule is CCN(CC)c1ccc(C2/C(=C(\O)c3ccc(Cl)cc3)C(=O)C(=O)N2CC2CCCO2)cc1. The van der Waals surface area contributed by atoms with Crippen LogP contribution < -0.4 is 4.90 Å². The fraction of sp³-hybridized carbons (Fsp3) is 0.385. The van der Waals surface area contributed by atoms with E-state index in [1.54, 1.807) is 29.2 Å². The third-order valence-corrected chi connectivity index (χ3v) is 6.67. The quantitative estimate of drug-likeness (QED) is 0.359. The smallest absolute Gasteiger partial charge is 0.295 e. The molecule has 0 spiro atoms. The lowest BCUT2D eigenvalue weighted by molar-refractivity contribution is -0.140. The monoisotopic (exact) mass is 468 g/mol. The van der Waals surface area contributed by atoms with Crippen LogP contribution in [-0.2, 0) is 14.3 Å². The van der Waals surface area contributed by atoms with Gasteiger partial charge >= 0.3 is 0 Å². The largest absolute Gasteiger partial charge is 0.507 e. The average molecular weight is 469 g/mol. The number of aliphatic hydroxyl groups excluding tert-OH is 1. The van der Waals surface area contributed by atoms with Crippen LogP contribution in [0.4, 0.5) is 5.69 Å². The minimum absolute atomic E-state index is 0.0934. The summed E-state index contributed by atoms with van der Waals surface area (Å²) in [5, 5.41) is 11.6. The lowest BCUT2D eigenvalue weighted by Gasteiger charge is -2.28. The van der Waals surface area contributed by atoms with Crippen LogP contribution in [0.2, 0.25) is 5.02 Å². The number of anilines is 1. The molecule has 2 saturated heterocycles. The Morgan fingerprint density at radius 2 is 1.76 bits per heavy atom. The van der Waals surface area contributed by atoms with Gasteiger partial charge in [0.15, 0.2) is 0 Å². The van der Waals surface area contributed by atoms with Crippen LogP contribution in [0.25, 0.3) is 5.76 Å². The molecule has 0 bridgehead atoms. The molecule has 33 heavy (non-hydrogen) atoms. The number of benzene rings is 2. The Hall–Kier alpha value is -2.83. The Bertz CT molecular complexity index is 1040. The van der Waals surface area contributed by atoms with Crippen molar-refractivity contribution in [1.82, 2.24) is 4.90 Å². The number of ether oxygens (including phenoxy) is 1. The van der Waals surface area contributed by atoms with E-state index in [9.17, 15) is 14.7 Å². The zero-order valence-electron chi connectivity index (χ0n) is 19.0. The molecule has 7 heteroatoms. The number of nitrogens with zero attached hydrogens (tertiary/aromatic N) is 2.